The molecule has 3 aromatic rings. The number of hydrogen-bond donors (Lipinski definition) is 1. The summed E-state index contributed by atoms with van der Waals surface area (Å²) in [6.07, 6.45) is -0.242. The summed E-state index contributed by atoms with van der Waals surface area (Å²) in [6.45, 7) is -0.0461. The van der Waals surface area contributed by atoms with Gasteiger partial charge in [0.05, 0.1) is 6.42 Å². The number of hydrogen-bond acceptors (Lipinski definition) is 6. The van der Waals surface area contributed by atoms with E-state index in [9.17, 15) is 23.2 Å². The van der Waals surface area contributed by atoms with E-state index < -0.39 is 28.9 Å². The quantitative estimate of drug-likeness (QED) is 0.421. The molecule has 0 aliphatic carbocycles. The number of esters is 1. The van der Waals surface area contributed by atoms with Gasteiger partial charge in [0.2, 0.25) is 0 Å². The van der Waals surface area contributed by atoms with Gasteiger partial charge in [0.15, 0.2) is 0 Å². The maximum atomic E-state index is 14.3. The summed E-state index contributed by atoms with van der Waals surface area (Å²) >= 11 is 0.639. The Kier molecular flexibility index (Phi) is 8.15. The van der Waals surface area contributed by atoms with Crippen molar-refractivity contribution in [3.8, 4) is 16.9 Å². The topological polar surface area (TPSA) is 89.9 Å². The molecule has 33 heavy (non-hydrogen) atoms. The molecule has 0 spiro atoms. The lowest BCUT2D eigenvalue weighted by atomic mass is 10.0. The second-order valence-electron chi connectivity index (χ2n) is 6.74. The fourth-order valence-corrected chi connectivity index (χ4v) is 3.40. The van der Waals surface area contributed by atoms with Gasteiger partial charge in [-0.15, -0.1) is 0 Å². The zero-order valence-corrected chi connectivity index (χ0v) is 17.9. The average molecular weight is 472 g/mol. The van der Waals surface area contributed by atoms with Crippen LogP contribution in [0.5, 0.6) is 5.75 Å². The molecule has 0 atom stereocenters. The van der Waals surface area contributed by atoms with Crippen LogP contribution in [-0.2, 0) is 16.1 Å². The van der Waals surface area contributed by atoms with Crippen molar-refractivity contribution in [1.29, 1.82) is 0 Å². The molecule has 6 nitrogen and oxygen atoms in total. The molecule has 0 saturated carbocycles. The minimum Gasteiger partial charge on any atom is -0.481 e. The van der Waals surface area contributed by atoms with E-state index in [0.29, 0.717) is 11.8 Å². The smallest absolute Gasteiger partial charge is 0.372 e. The fraction of sp³-hybridized carbons (Fsp3) is 0.125. The number of carboxylic acid groups (broad SMARTS) is 1. The number of benzene rings is 3. The van der Waals surface area contributed by atoms with Gasteiger partial charge in [-0.05, 0) is 47.2 Å². The molecule has 0 heterocycles. The molecule has 9 heteroatoms. The van der Waals surface area contributed by atoms with Crippen molar-refractivity contribution in [1.82, 2.24) is 0 Å². The van der Waals surface area contributed by atoms with E-state index in [1.54, 1.807) is 24.3 Å². The van der Waals surface area contributed by atoms with Crippen LogP contribution in [0.1, 0.15) is 22.3 Å². The van der Waals surface area contributed by atoms with Crippen LogP contribution >= 0.6 is 11.8 Å². The molecule has 0 aromatic heterocycles. The number of carboxylic acids is 1. The van der Waals surface area contributed by atoms with Gasteiger partial charge in [0.25, 0.3) is 0 Å². The molecule has 0 saturated heterocycles. The average Bonchev–Trinajstić information content (AvgIpc) is 2.78. The molecular formula is C24H18F2O6S. The van der Waals surface area contributed by atoms with Crippen LogP contribution in [0.25, 0.3) is 11.1 Å². The second kappa shape index (κ2) is 11.2. The largest absolute Gasteiger partial charge is 0.481 e. The van der Waals surface area contributed by atoms with Crippen molar-refractivity contribution < 1.29 is 37.7 Å². The molecule has 0 aliphatic heterocycles. The zero-order valence-electron chi connectivity index (χ0n) is 17.1. The Hall–Kier alpha value is -3.72. The van der Waals surface area contributed by atoms with Crippen molar-refractivity contribution in [2.24, 2.45) is 0 Å². The number of aliphatic carboxylic acids is 1. The first kappa shape index (κ1) is 23.9. The van der Waals surface area contributed by atoms with Gasteiger partial charge >= 0.3 is 17.2 Å². The monoisotopic (exact) mass is 472 g/mol. The lowest BCUT2D eigenvalue weighted by Crippen LogP contribution is -2.11. The van der Waals surface area contributed by atoms with Gasteiger partial charge in [0, 0.05) is 17.4 Å². The standard InChI is InChI=1S/C24H18F2O6S/c25-17-7-8-18(20(26)13-17)16-6-9-21(32-24(30)33-11-10-22(27)28)19(12-16)23(29)31-14-15-4-2-1-3-5-15/h1-9,12-13H,10-11,14H2,(H,27,28). The third-order valence-electron chi connectivity index (χ3n) is 4.38. The second-order valence-corrected chi connectivity index (χ2v) is 7.77. The van der Waals surface area contributed by atoms with Gasteiger partial charge in [-0.3, -0.25) is 4.79 Å². The zero-order chi connectivity index (χ0) is 23.8. The Morgan fingerprint density at radius 3 is 2.39 bits per heavy atom. The van der Waals surface area contributed by atoms with E-state index >= 15 is 0 Å². The Morgan fingerprint density at radius 2 is 1.70 bits per heavy atom. The van der Waals surface area contributed by atoms with E-state index in [1.165, 1.54) is 24.3 Å². The van der Waals surface area contributed by atoms with Crippen molar-refractivity contribution in [2.75, 3.05) is 5.75 Å². The maximum absolute atomic E-state index is 14.3. The highest BCUT2D eigenvalue weighted by molar-refractivity contribution is 8.13. The summed E-state index contributed by atoms with van der Waals surface area (Å²) in [6, 6.07) is 15.9. The van der Waals surface area contributed by atoms with Crippen LogP contribution in [0.2, 0.25) is 0 Å². The van der Waals surface area contributed by atoms with Gasteiger partial charge < -0.3 is 14.6 Å². The van der Waals surface area contributed by atoms with Crippen LogP contribution in [0.15, 0.2) is 66.7 Å². The molecule has 0 amide bonds. The lowest BCUT2D eigenvalue weighted by molar-refractivity contribution is -0.136. The van der Waals surface area contributed by atoms with Crippen molar-refractivity contribution in [3.05, 3.63) is 89.5 Å². The summed E-state index contributed by atoms with van der Waals surface area (Å²) in [5.74, 6) is -3.60. The molecule has 3 aromatic carbocycles. The number of rotatable bonds is 8. The van der Waals surface area contributed by atoms with Crippen molar-refractivity contribution in [2.45, 2.75) is 13.0 Å². The number of carbonyl (C=O) groups excluding carboxylic acids is 2. The highest BCUT2D eigenvalue weighted by atomic mass is 32.2. The predicted octanol–water partition coefficient (Wildman–Crippen LogP) is 5.70. The molecular weight excluding hydrogens is 454 g/mol. The molecule has 0 radical (unpaired) electrons. The third kappa shape index (κ3) is 6.88. The minimum atomic E-state index is -1.06. The molecule has 0 bridgehead atoms. The summed E-state index contributed by atoms with van der Waals surface area (Å²) in [4.78, 5) is 35.5. The first-order valence-electron chi connectivity index (χ1n) is 9.70. The lowest BCUT2D eigenvalue weighted by Gasteiger charge is -2.12. The Morgan fingerprint density at radius 1 is 0.939 bits per heavy atom. The number of carbonyl (C=O) groups is 3. The molecule has 3 rings (SSSR count). The van der Waals surface area contributed by atoms with E-state index in [1.807, 2.05) is 6.07 Å². The van der Waals surface area contributed by atoms with Gasteiger partial charge in [-0.25, -0.2) is 18.4 Å². The van der Waals surface area contributed by atoms with Gasteiger partial charge in [-0.2, -0.15) is 0 Å². The van der Waals surface area contributed by atoms with E-state index in [0.717, 1.165) is 17.7 Å². The van der Waals surface area contributed by atoms with Crippen LogP contribution in [0.3, 0.4) is 0 Å². The van der Waals surface area contributed by atoms with Crippen LogP contribution in [-0.4, -0.2) is 28.1 Å². The first-order chi connectivity index (χ1) is 15.8. The van der Waals surface area contributed by atoms with Crippen molar-refractivity contribution >= 4 is 29.0 Å². The number of halogens is 2. The third-order valence-corrected chi connectivity index (χ3v) is 5.11. The highest BCUT2D eigenvalue weighted by Crippen LogP contribution is 2.30. The Bertz CT molecular complexity index is 1170. The first-order valence-corrected chi connectivity index (χ1v) is 10.7. The van der Waals surface area contributed by atoms with Gasteiger partial charge in [-0.1, -0.05) is 36.4 Å². The van der Waals surface area contributed by atoms with E-state index in [2.05, 4.69) is 0 Å². The van der Waals surface area contributed by atoms with Crippen molar-refractivity contribution in [3.63, 3.8) is 0 Å². The SMILES string of the molecule is O=C(O)CCSC(=O)Oc1ccc(-c2ccc(F)cc2F)cc1C(=O)OCc1ccccc1. The number of ether oxygens (including phenoxy) is 2. The Labute approximate surface area is 192 Å². The molecule has 1 N–H and O–H groups in total. The highest BCUT2D eigenvalue weighted by Gasteiger charge is 2.20. The summed E-state index contributed by atoms with van der Waals surface area (Å²) in [7, 11) is 0. The Balaban J connectivity index is 1.86. The summed E-state index contributed by atoms with van der Waals surface area (Å²) in [5.41, 5.74) is 0.883. The van der Waals surface area contributed by atoms with Gasteiger partial charge in [0.1, 0.15) is 29.6 Å². The summed E-state index contributed by atoms with van der Waals surface area (Å²) < 4.78 is 38.1. The normalized spacial score (nSPS) is 10.5. The fourth-order valence-electron chi connectivity index (χ4n) is 2.81. The molecule has 0 fully saturated rings. The maximum Gasteiger partial charge on any atom is 0.372 e. The minimum absolute atomic E-state index is 0.0131. The number of thioether (sulfide) groups is 1. The predicted molar refractivity (Wildman–Crippen MR) is 118 cm³/mol. The van der Waals surface area contributed by atoms with Crippen LogP contribution < -0.4 is 4.74 Å². The van der Waals surface area contributed by atoms with E-state index in [4.69, 9.17) is 14.6 Å². The van der Waals surface area contributed by atoms with E-state index in [-0.39, 0.29) is 41.2 Å². The van der Waals surface area contributed by atoms with Crippen LogP contribution in [0, 0.1) is 11.6 Å². The van der Waals surface area contributed by atoms with Crippen LogP contribution in [0.4, 0.5) is 13.6 Å². The molecule has 170 valence electrons. The molecule has 0 unspecified atom stereocenters. The molecule has 0 aliphatic rings. The summed E-state index contributed by atoms with van der Waals surface area (Å²) in [5, 5.41) is 7.87.